The van der Waals surface area contributed by atoms with Gasteiger partial charge in [-0.2, -0.15) is 0 Å². The van der Waals surface area contributed by atoms with Crippen LogP contribution in [0.2, 0.25) is 0 Å². The number of nitrogens with zero attached hydrogens (tertiary/aromatic N) is 1. The van der Waals surface area contributed by atoms with Crippen LogP contribution in [0.4, 0.5) is 0 Å². The molecule has 4 N–H and O–H groups in total. The third kappa shape index (κ3) is 2.91. The van der Waals surface area contributed by atoms with Crippen molar-refractivity contribution in [3.63, 3.8) is 0 Å². The van der Waals surface area contributed by atoms with Gasteiger partial charge in [-0.05, 0) is 23.6 Å². The predicted octanol–water partition coefficient (Wildman–Crippen LogP) is 0.322. The van der Waals surface area contributed by atoms with Crippen LogP contribution in [-0.4, -0.2) is 39.6 Å². The molecule has 0 saturated carbocycles. The molecule has 1 heterocycles. The van der Waals surface area contributed by atoms with Crippen LogP contribution in [0.1, 0.15) is 47.4 Å². The highest BCUT2D eigenvalue weighted by molar-refractivity contribution is 6.01. The lowest BCUT2D eigenvalue weighted by atomic mass is 10.0. The van der Waals surface area contributed by atoms with Crippen molar-refractivity contribution in [2.24, 2.45) is 5.73 Å². The van der Waals surface area contributed by atoms with Crippen molar-refractivity contribution in [1.29, 1.82) is 0 Å². The Morgan fingerprint density at radius 3 is 2.76 bits per heavy atom. The van der Waals surface area contributed by atoms with Crippen LogP contribution in [0.3, 0.4) is 0 Å². The minimum Gasteiger partial charge on any atom is -0.393 e. The first-order chi connectivity index (χ1) is 9.99. The summed E-state index contributed by atoms with van der Waals surface area (Å²) in [5.74, 6) is -0.721. The first-order valence-corrected chi connectivity index (χ1v) is 7.01. The molecule has 21 heavy (non-hydrogen) atoms. The molecule has 0 aromatic heterocycles. The molecule has 114 valence electrons. The fourth-order valence-corrected chi connectivity index (χ4v) is 2.65. The molecule has 0 radical (unpaired) electrons. The van der Waals surface area contributed by atoms with E-state index in [4.69, 9.17) is 10.8 Å². The molecule has 2 rings (SSSR count). The summed E-state index contributed by atoms with van der Waals surface area (Å²) in [7, 11) is 0. The Morgan fingerprint density at radius 2 is 2.19 bits per heavy atom. The van der Waals surface area contributed by atoms with E-state index in [1.165, 1.54) is 4.90 Å². The van der Waals surface area contributed by atoms with Gasteiger partial charge in [-0.1, -0.05) is 25.5 Å². The zero-order valence-corrected chi connectivity index (χ0v) is 12.0. The van der Waals surface area contributed by atoms with E-state index in [-0.39, 0.29) is 12.5 Å². The van der Waals surface area contributed by atoms with E-state index in [2.05, 4.69) is 0 Å². The second kappa shape index (κ2) is 6.24. The Morgan fingerprint density at radius 1 is 1.48 bits per heavy atom. The van der Waals surface area contributed by atoms with Gasteiger partial charge in [-0.15, -0.1) is 0 Å². The standard InChI is InChI=1S/C15H20N2O4/c1-2-3-12(14(16)20)17-7-10-6-9(13(19)8-18)4-5-11(10)15(17)21/h4-6,12-13,18-19H,2-3,7-8H2,1H3,(H2,16,20)/t12-,13?/m0/s1. The van der Waals surface area contributed by atoms with Gasteiger partial charge in [0.25, 0.3) is 5.91 Å². The van der Waals surface area contributed by atoms with Gasteiger partial charge in [0.1, 0.15) is 12.1 Å². The maximum absolute atomic E-state index is 12.4. The van der Waals surface area contributed by atoms with Crippen LogP contribution in [-0.2, 0) is 11.3 Å². The summed E-state index contributed by atoms with van der Waals surface area (Å²) in [6.45, 7) is 1.85. The number of nitrogens with two attached hydrogens (primary N) is 1. The van der Waals surface area contributed by atoms with Crippen molar-refractivity contribution < 1.29 is 19.8 Å². The second-order valence-electron chi connectivity index (χ2n) is 5.25. The van der Waals surface area contributed by atoms with Gasteiger partial charge < -0.3 is 20.8 Å². The van der Waals surface area contributed by atoms with Gasteiger partial charge in [-0.3, -0.25) is 9.59 Å². The quantitative estimate of drug-likeness (QED) is 0.702. The summed E-state index contributed by atoms with van der Waals surface area (Å²) in [6, 6.07) is 4.31. The van der Waals surface area contributed by atoms with Crippen LogP contribution in [0, 0.1) is 0 Å². The lowest BCUT2D eigenvalue weighted by Crippen LogP contribution is -2.44. The smallest absolute Gasteiger partial charge is 0.255 e. The molecule has 1 aliphatic rings. The lowest BCUT2D eigenvalue weighted by molar-refractivity contribution is -0.122. The molecule has 2 amide bonds. The number of carbonyl (C=O) groups excluding carboxylic acids is 2. The van der Waals surface area contributed by atoms with E-state index in [1.807, 2.05) is 6.92 Å². The van der Waals surface area contributed by atoms with Crippen LogP contribution in [0.5, 0.6) is 0 Å². The highest BCUT2D eigenvalue weighted by atomic mass is 16.3. The number of aliphatic hydroxyl groups excluding tert-OH is 2. The number of amides is 2. The molecule has 0 saturated heterocycles. The molecule has 6 nitrogen and oxygen atoms in total. The van der Waals surface area contributed by atoms with Crippen LogP contribution < -0.4 is 5.73 Å². The van der Waals surface area contributed by atoms with Crippen molar-refractivity contribution in [1.82, 2.24) is 4.90 Å². The Bertz CT molecular complexity index is 559. The summed E-state index contributed by atoms with van der Waals surface area (Å²) in [5.41, 5.74) is 7.21. The van der Waals surface area contributed by atoms with Crippen molar-refractivity contribution in [2.75, 3.05) is 6.61 Å². The molecule has 1 unspecified atom stereocenters. The van der Waals surface area contributed by atoms with E-state index in [0.717, 1.165) is 12.0 Å². The number of carbonyl (C=O) groups is 2. The predicted molar refractivity (Wildman–Crippen MR) is 76.3 cm³/mol. The average Bonchev–Trinajstić information content (AvgIpc) is 2.80. The Hall–Kier alpha value is -1.92. The van der Waals surface area contributed by atoms with E-state index < -0.39 is 18.1 Å². The largest absolute Gasteiger partial charge is 0.393 e. The molecule has 1 aromatic rings. The van der Waals surface area contributed by atoms with E-state index in [0.29, 0.717) is 24.1 Å². The maximum atomic E-state index is 12.4. The zero-order valence-electron chi connectivity index (χ0n) is 12.0. The van der Waals surface area contributed by atoms with Crippen molar-refractivity contribution in [3.05, 3.63) is 34.9 Å². The third-order valence-electron chi connectivity index (χ3n) is 3.79. The monoisotopic (exact) mass is 292 g/mol. The molecular weight excluding hydrogens is 272 g/mol. The van der Waals surface area contributed by atoms with Gasteiger partial charge in [-0.25, -0.2) is 0 Å². The van der Waals surface area contributed by atoms with Crippen LogP contribution in [0.15, 0.2) is 18.2 Å². The number of fused-ring (bicyclic) bond motifs is 1. The maximum Gasteiger partial charge on any atom is 0.255 e. The second-order valence-corrected chi connectivity index (χ2v) is 5.25. The number of benzene rings is 1. The van der Waals surface area contributed by atoms with Crippen LogP contribution in [0.25, 0.3) is 0 Å². The van der Waals surface area contributed by atoms with Crippen LogP contribution >= 0.6 is 0 Å². The molecule has 1 aromatic carbocycles. The van der Waals surface area contributed by atoms with E-state index in [9.17, 15) is 14.7 Å². The summed E-state index contributed by atoms with van der Waals surface area (Å²) in [4.78, 5) is 25.4. The summed E-state index contributed by atoms with van der Waals surface area (Å²) in [5, 5.41) is 18.6. The molecule has 2 atom stereocenters. The van der Waals surface area contributed by atoms with E-state index >= 15 is 0 Å². The fraction of sp³-hybridized carbons (Fsp3) is 0.467. The Labute approximate surface area is 123 Å². The number of hydrogen-bond donors (Lipinski definition) is 3. The van der Waals surface area contributed by atoms with Crippen molar-refractivity contribution >= 4 is 11.8 Å². The first-order valence-electron chi connectivity index (χ1n) is 7.01. The van der Waals surface area contributed by atoms with E-state index in [1.54, 1.807) is 18.2 Å². The van der Waals surface area contributed by atoms with Gasteiger partial charge in [0.05, 0.1) is 6.61 Å². The number of aliphatic hydroxyl groups is 2. The van der Waals surface area contributed by atoms with Gasteiger partial charge in [0.15, 0.2) is 0 Å². The molecule has 0 spiro atoms. The number of rotatable bonds is 6. The highest BCUT2D eigenvalue weighted by Gasteiger charge is 2.35. The SMILES string of the molecule is CCC[C@@H](C(N)=O)N1Cc2cc(C(O)CO)ccc2C1=O. The lowest BCUT2D eigenvalue weighted by Gasteiger charge is -2.24. The third-order valence-corrected chi connectivity index (χ3v) is 3.79. The normalized spacial score (nSPS) is 16.7. The van der Waals surface area contributed by atoms with Gasteiger partial charge in [0, 0.05) is 12.1 Å². The highest BCUT2D eigenvalue weighted by Crippen LogP contribution is 2.28. The number of hydrogen-bond acceptors (Lipinski definition) is 4. The van der Waals surface area contributed by atoms with Gasteiger partial charge in [0.2, 0.25) is 5.91 Å². The molecule has 0 bridgehead atoms. The van der Waals surface area contributed by atoms with Gasteiger partial charge >= 0.3 is 0 Å². The Balaban J connectivity index is 2.28. The first kappa shape index (κ1) is 15.5. The minimum absolute atomic E-state index is 0.215. The average molecular weight is 292 g/mol. The Kier molecular flexibility index (Phi) is 4.59. The molecule has 6 heteroatoms. The molecule has 1 aliphatic heterocycles. The number of primary amides is 1. The molecular formula is C15H20N2O4. The summed E-state index contributed by atoms with van der Waals surface area (Å²) >= 11 is 0. The fourth-order valence-electron chi connectivity index (χ4n) is 2.65. The topological polar surface area (TPSA) is 104 Å². The molecule has 0 fully saturated rings. The van der Waals surface area contributed by atoms with Crippen molar-refractivity contribution in [2.45, 2.75) is 38.5 Å². The minimum atomic E-state index is -0.970. The zero-order chi connectivity index (χ0) is 15.6. The van der Waals surface area contributed by atoms with Crippen molar-refractivity contribution in [3.8, 4) is 0 Å². The summed E-state index contributed by atoms with van der Waals surface area (Å²) < 4.78 is 0. The summed E-state index contributed by atoms with van der Waals surface area (Å²) in [6.07, 6.45) is 0.311. The molecule has 0 aliphatic carbocycles.